The van der Waals surface area contributed by atoms with Gasteiger partial charge in [0.25, 0.3) is 0 Å². The van der Waals surface area contributed by atoms with Crippen molar-refractivity contribution in [2.24, 2.45) is 5.92 Å². The van der Waals surface area contributed by atoms with Crippen LogP contribution in [0.1, 0.15) is 40.5 Å². The number of aliphatic hydroxyl groups excluding tert-OH is 1. The van der Waals surface area contributed by atoms with Crippen molar-refractivity contribution in [2.75, 3.05) is 19.6 Å². The van der Waals surface area contributed by atoms with Gasteiger partial charge in [-0.05, 0) is 25.8 Å². The van der Waals surface area contributed by atoms with Crippen LogP contribution in [0.4, 0.5) is 0 Å². The van der Waals surface area contributed by atoms with Crippen LogP contribution in [0.2, 0.25) is 0 Å². The molecule has 1 unspecified atom stereocenters. The second-order valence-corrected chi connectivity index (χ2v) is 4.36. The molecule has 0 fully saturated rings. The monoisotopic (exact) mass is 187 g/mol. The van der Waals surface area contributed by atoms with E-state index in [1.54, 1.807) is 0 Å². The lowest BCUT2D eigenvalue weighted by Crippen LogP contribution is -2.34. The summed E-state index contributed by atoms with van der Waals surface area (Å²) in [6.07, 6.45) is 2.27. The topological polar surface area (TPSA) is 23.5 Å². The maximum Gasteiger partial charge on any atom is 0.0639 e. The van der Waals surface area contributed by atoms with Crippen LogP contribution in [0.15, 0.2) is 0 Å². The summed E-state index contributed by atoms with van der Waals surface area (Å²) >= 11 is 0. The van der Waals surface area contributed by atoms with Crippen LogP contribution in [0.25, 0.3) is 0 Å². The molecule has 0 radical (unpaired) electrons. The zero-order chi connectivity index (χ0) is 10.3. The fourth-order valence-corrected chi connectivity index (χ4v) is 1.53. The number of nitrogens with zero attached hydrogens (tertiary/aromatic N) is 1. The number of rotatable bonds is 7. The molecule has 0 amide bonds. The Morgan fingerprint density at radius 2 is 1.77 bits per heavy atom. The molecule has 1 atom stereocenters. The minimum absolute atomic E-state index is 0.199. The molecular formula is C11H25NO. The highest BCUT2D eigenvalue weighted by Crippen LogP contribution is 2.02. The van der Waals surface area contributed by atoms with Crippen LogP contribution >= 0.6 is 0 Å². The van der Waals surface area contributed by atoms with Crippen molar-refractivity contribution in [3.63, 3.8) is 0 Å². The van der Waals surface area contributed by atoms with Gasteiger partial charge < -0.3 is 10.0 Å². The molecule has 0 saturated heterocycles. The van der Waals surface area contributed by atoms with Crippen molar-refractivity contribution < 1.29 is 5.11 Å². The van der Waals surface area contributed by atoms with Crippen LogP contribution in [-0.4, -0.2) is 35.7 Å². The first-order valence-corrected chi connectivity index (χ1v) is 5.46. The van der Waals surface area contributed by atoms with Gasteiger partial charge in [0.05, 0.1) is 6.10 Å². The maximum absolute atomic E-state index is 9.29. The molecule has 0 aromatic heterocycles. The van der Waals surface area contributed by atoms with Gasteiger partial charge in [0.15, 0.2) is 0 Å². The van der Waals surface area contributed by atoms with Crippen molar-refractivity contribution in [2.45, 2.75) is 46.6 Å². The Morgan fingerprint density at radius 3 is 2.15 bits per heavy atom. The second-order valence-electron chi connectivity index (χ2n) is 4.36. The Balaban J connectivity index is 3.73. The molecule has 0 aliphatic rings. The van der Waals surface area contributed by atoms with E-state index in [0.29, 0.717) is 5.92 Å². The zero-order valence-electron chi connectivity index (χ0n) is 9.58. The van der Waals surface area contributed by atoms with Gasteiger partial charge in [0.1, 0.15) is 0 Å². The fraction of sp³-hybridized carbons (Fsp3) is 1.00. The van der Waals surface area contributed by atoms with E-state index in [2.05, 4.69) is 25.7 Å². The normalized spacial score (nSPS) is 14.1. The summed E-state index contributed by atoms with van der Waals surface area (Å²) in [5.74, 6) is 0.690. The molecule has 0 bridgehead atoms. The van der Waals surface area contributed by atoms with E-state index in [4.69, 9.17) is 0 Å². The highest BCUT2D eigenvalue weighted by molar-refractivity contribution is 4.63. The zero-order valence-corrected chi connectivity index (χ0v) is 9.58. The van der Waals surface area contributed by atoms with Gasteiger partial charge in [-0.15, -0.1) is 0 Å². The van der Waals surface area contributed by atoms with Crippen LogP contribution in [-0.2, 0) is 0 Å². The molecule has 0 rings (SSSR count). The third kappa shape index (κ3) is 8.26. The van der Waals surface area contributed by atoms with Crippen LogP contribution in [0.3, 0.4) is 0 Å². The molecule has 2 heteroatoms. The minimum Gasteiger partial charge on any atom is -0.392 e. The van der Waals surface area contributed by atoms with Gasteiger partial charge in [-0.3, -0.25) is 0 Å². The fourth-order valence-electron chi connectivity index (χ4n) is 1.53. The van der Waals surface area contributed by atoms with E-state index in [1.165, 1.54) is 12.8 Å². The summed E-state index contributed by atoms with van der Waals surface area (Å²) in [5.41, 5.74) is 0. The van der Waals surface area contributed by atoms with Gasteiger partial charge in [0, 0.05) is 13.1 Å². The van der Waals surface area contributed by atoms with Crippen molar-refractivity contribution in [1.29, 1.82) is 0 Å². The first-order chi connectivity index (χ1) is 6.06. The lowest BCUT2D eigenvalue weighted by Gasteiger charge is -2.25. The van der Waals surface area contributed by atoms with Gasteiger partial charge >= 0.3 is 0 Å². The van der Waals surface area contributed by atoms with Crippen molar-refractivity contribution in [3.05, 3.63) is 0 Å². The van der Waals surface area contributed by atoms with Gasteiger partial charge in [0.2, 0.25) is 0 Å². The highest BCUT2D eigenvalue weighted by atomic mass is 16.3. The quantitative estimate of drug-likeness (QED) is 0.660. The summed E-state index contributed by atoms with van der Waals surface area (Å²) in [5, 5.41) is 9.29. The van der Waals surface area contributed by atoms with E-state index in [-0.39, 0.29) is 6.10 Å². The van der Waals surface area contributed by atoms with Crippen molar-refractivity contribution in [1.82, 2.24) is 4.90 Å². The molecule has 0 aromatic carbocycles. The van der Waals surface area contributed by atoms with E-state index in [1.807, 2.05) is 6.92 Å². The van der Waals surface area contributed by atoms with Crippen LogP contribution in [0, 0.1) is 5.92 Å². The number of unbranched alkanes of at least 4 members (excludes halogenated alkanes) is 1. The summed E-state index contributed by atoms with van der Waals surface area (Å²) in [4.78, 5) is 2.36. The largest absolute Gasteiger partial charge is 0.392 e. The summed E-state index contributed by atoms with van der Waals surface area (Å²) < 4.78 is 0. The Labute approximate surface area is 82.9 Å². The van der Waals surface area contributed by atoms with Gasteiger partial charge in [-0.25, -0.2) is 0 Å². The highest BCUT2D eigenvalue weighted by Gasteiger charge is 2.08. The summed E-state index contributed by atoms with van der Waals surface area (Å²) in [6.45, 7) is 11.6. The van der Waals surface area contributed by atoms with Gasteiger partial charge in [-0.1, -0.05) is 27.2 Å². The maximum atomic E-state index is 9.29. The first-order valence-electron chi connectivity index (χ1n) is 5.46. The average molecular weight is 187 g/mol. The predicted octanol–water partition coefficient (Wildman–Crippen LogP) is 2.13. The van der Waals surface area contributed by atoms with Crippen molar-refractivity contribution in [3.8, 4) is 0 Å². The van der Waals surface area contributed by atoms with Crippen LogP contribution < -0.4 is 0 Å². The lowest BCUT2D eigenvalue weighted by atomic mass is 10.2. The average Bonchev–Trinajstić information content (AvgIpc) is 1.98. The molecule has 0 saturated carbocycles. The second kappa shape index (κ2) is 7.34. The molecule has 80 valence electrons. The molecule has 0 spiro atoms. The first kappa shape index (κ1) is 12.9. The molecule has 13 heavy (non-hydrogen) atoms. The summed E-state index contributed by atoms with van der Waals surface area (Å²) in [6, 6.07) is 0. The third-order valence-electron chi connectivity index (χ3n) is 1.97. The Kier molecular flexibility index (Phi) is 7.29. The molecule has 0 aliphatic carbocycles. The Bertz CT molecular complexity index is 103. The third-order valence-corrected chi connectivity index (χ3v) is 1.97. The molecule has 1 N–H and O–H groups in total. The minimum atomic E-state index is -0.199. The molecule has 0 aliphatic heterocycles. The smallest absolute Gasteiger partial charge is 0.0639 e. The number of aliphatic hydroxyl groups is 1. The molecule has 0 heterocycles. The SMILES string of the molecule is CCCCN(CC(C)C)CC(C)O. The summed E-state index contributed by atoms with van der Waals surface area (Å²) in [7, 11) is 0. The Hall–Kier alpha value is -0.0800. The number of hydrogen-bond acceptors (Lipinski definition) is 2. The molecule has 2 nitrogen and oxygen atoms in total. The van der Waals surface area contributed by atoms with Crippen molar-refractivity contribution >= 4 is 0 Å². The van der Waals surface area contributed by atoms with Crippen LogP contribution in [0.5, 0.6) is 0 Å². The van der Waals surface area contributed by atoms with E-state index in [0.717, 1.165) is 19.6 Å². The van der Waals surface area contributed by atoms with Gasteiger partial charge in [-0.2, -0.15) is 0 Å². The van der Waals surface area contributed by atoms with E-state index in [9.17, 15) is 5.11 Å². The lowest BCUT2D eigenvalue weighted by molar-refractivity contribution is 0.118. The predicted molar refractivity (Wildman–Crippen MR) is 57.9 cm³/mol. The number of hydrogen-bond donors (Lipinski definition) is 1. The van der Waals surface area contributed by atoms with E-state index < -0.39 is 0 Å². The molecule has 0 aromatic rings. The Morgan fingerprint density at radius 1 is 1.15 bits per heavy atom. The standard InChI is InChI=1S/C11H25NO/c1-5-6-7-12(8-10(2)3)9-11(4)13/h10-11,13H,5-9H2,1-4H3. The molecular weight excluding hydrogens is 162 g/mol. The van der Waals surface area contributed by atoms with E-state index >= 15 is 0 Å².